The van der Waals surface area contributed by atoms with E-state index in [0.29, 0.717) is 24.5 Å². The highest BCUT2D eigenvalue weighted by Crippen LogP contribution is 2.15. The van der Waals surface area contributed by atoms with Crippen molar-refractivity contribution in [2.75, 3.05) is 32.6 Å². The van der Waals surface area contributed by atoms with Crippen molar-refractivity contribution in [1.29, 1.82) is 0 Å². The first-order valence-corrected chi connectivity index (χ1v) is 7.60. The molecule has 1 amide bonds. The largest absolute Gasteiger partial charge is 0.481 e. The molecule has 0 spiro atoms. The standard InChI is InChI=1S/C18H23N3O2/c1-5-21(13-14-6-9-16(10-7-14)20(2)3)18(22)15-8-11-17(23-4)19-12-15/h6-12H,5,13H2,1-4H3. The van der Waals surface area contributed by atoms with Crippen LogP contribution in [0.25, 0.3) is 0 Å². The first kappa shape index (κ1) is 16.8. The second-order valence-electron chi connectivity index (χ2n) is 5.47. The zero-order valence-corrected chi connectivity index (χ0v) is 14.1. The van der Waals surface area contributed by atoms with Gasteiger partial charge in [0, 0.05) is 45.1 Å². The fraction of sp³-hybridized carbons (Fsp3) is 0.333. The zero-order valence-electron chi connectivity index (χ0n) is 14.1. The van der Waals surface area contributed by atoms with Gasteiger partial charge in [-0.25, -0.2) is 4.98 Å². The molecule has 0 unspecified atom stereocenters. The van der Waals surface area contributed by atoms with Crippen molar-refractivity contribution in [1.82, 2.24) is 9.88 Å². The van der Waals surface area contributed by atoms with Crippen LogP contribution in [0.3, 0.4) is 0 Å². The molecule has 1 aromatic heterocycles. The van der Waals surface area contributed by atoms with Gasteiger partial charge in [-0.15, -0.1) is 0 Å². The summed E-state index contributed by atoms with van der Waals surface area (Å²) >= 11 is 0. The highest BCUT2D eigenvalue weighted by molar-refractivity contribution is 5.93. The Morgan fingerprint density at radius 3 is 2.30 bits per heavy atom. The van der Waals surface area contributed by atoms with E-state index in [1.54, 1.807) is 30.3 Å². The third-order valence-corrected chi connectivity index (χ3v) is 3.69. The van der Waals surface area contributed by atoms with Gasteiger partial charge < -0.3 is 14.5 Å². The van der Waals surface area contributed by atoms with Crippen LogP contribution < -0.4 is 9.64 Å². The summed E-state index contributed by atoms with van der Waals surface area (Å²) < 4.78 is 5.02. The van der Waals surface area contributed by atoms with Crippen LogP contribution in [0.1, 0.15) is 22.8 Å². The molecule has 0 saturated heterocycles. The molecule has 5 heteroatoms. The predicted molar refractivity (Wildman–Crippen MR) is 92.0 cm³/mol. The summed E-state index contributed by atoms with van der Waals surface area (Å²) in [6.45, 7) is 3.19. The van der Waals surface area contributed by atoms with Crippen LogP contribution in [-0.4, -0.2) is 43.5 Å². The van der Waals surface area contributed by atoms with Crippen molar-refractivity contribution in [3.8, 4) is 5.88 Å². The van der Waals surface area contributed by atoms with E-state index in [0.717, 1.165) is 11.3 Å². The lowest BCUT2D eigenvalue weighted by Gasteiger charge is -2.21. The van der Waals surface area contributed by atoms with E-state index in [2.05, 4.69) is 34.1 Å². The molecule has 0 aliphatic heterocycles. The molecule has 0 atom stereocenters. The van der Waals surface area contributed by atoms with Gasteiger partial charge in [0.1, 0.15) is 0 Å². The molecular weight excluding hydrogens is 290 g/mol. The van der Waals surface area contributed by atoms with Crippen LogP contribution in [-0.2, 0) is 6.54 Å². The molecule has 0 fully saturated rings. The van der Waals surface area contributed by atoms with E-state index in [4.69, 9.17) is 4.74 Å². The lowest BCUT2D eigenvalue weighted by Crippen LogP contribution is -2.30. The smallest absolute Gasteiger partial charge is 0.255 e. The number of benzene rings is 1. The Kier molecular flexibility index (Phi) is 5.57. The maximum absolute atomic E-state index is 12.6. The molecule has 0 aliphatic rings. The molecule has 5 nitrogen and oxygen atoms in total. The van der Waals surface area contributed by atoms with Crippen molar-refractivity contribution in [2.45, 2.75) is 13.5 Å². The van der Waals surface area contributed by atoms with Crippen molar-refractivity contribution in [3.05, 3.63) is 53.7 Å². The van der Waals surface area contributed by atoms with Gasteiger partial charge in [0.2, 0.25) is 5.88 Å². The molecule has 1 heterocycles. The van der Waals surface area contributed by atoms with Crippen LogP contribution in [0.5, 0.6) is 5.88 Å². The molecule has 0 saturated carbocycles. The van der Waals surface area contributed by atoms with Crippen LogP contribution in [0, 0.1) is 0 Å². The Morgan fingerprint density at radius 2 is 1.83 bits per heavy atom. The van der Waals surface area contributed by atoms with Crippen molar-refractivity contribution in [2.24, 2.45) is 0 Å². The Morgan fingerprint density at radius 1 is 1.13 bits per heavy atom. The summed E-state index contributed by atoms with van der Waals surface area (Å²) in [6.07, 6.45) is 1.55. The maximum atomic E-state index is 12.6. The number of pyridine rings is 1. The van der Waals surface area contributed by atoms with Gasteiger partial charge in [-0.3, -0.25) is 4.79 Å². The van der Waals surface area contributed by atoms with E-state index < -0.39 is 0 Å². The topological polar surface area (TPSA) is 45.7 Å². The Labute approximate surface area is 137 Å². The lowest BCUT2D eigenvalue weighted by atomic mass is 10.1. The zero-order chi connectivity index (χ0) is 16.8. The van der Waals surface area contributed by atoms with Gasteiger partial charge in [-0.05, 0) is 30.7 Å². The quantitative estimate of drug-likeness (QED) is 0.823. The van der Waals surface area contributed by atoms with Crippen LogP contribution in [0.2, 0.25) is 0 Å². The maximum Gasteiger partial charge on any atom is 0.255 e. The van der Waals surface area contributed by atoms with Crippen LogP contribution in [0.15, 0.2) is 42.6 Å². The highest BCUT2D eigenvalue weighted by Gasteiger charge is 2.15. The van der Waals surface area contributed by atoms with Crippen molar-refractivity contribution < 1.29 is 9.53 Å². The minimum absolute atomic E-state index is 0.0284. The number of nitrogens with zero attached hydrogens (tertiary/aromatic N) is 3. The van der Waals surface area contributed by atoms with Crippen molar-refractivity contribution >= 4 is 11.6 Å². The molecule has 0 radical (unpaired) electrons. The molecule has 23 heavy (non-hydrogen) atoms. The predicted octanol–water partition coefficient (Wildman–Crippen LogP) is 2.82. The number of hydrogen-bond donors (Lipinski definition) is 0. The molecule has 122 valence electrons. The summed E-state index contributed by atoms with van der Waals surface area (Å²) in [4.78, 5) is 20.5. The number of carbonyl (C=O) groups is 1. The number of carbonyl (C=O) groups excluding carboxylic acids is 1. The minimum Gasteiger partial charge on any atom is -0.481 e. The molecule has 2 aromatic rings. The Balaban J connectivity index is 2.10. The number of amides is 1. The summed E-state index contributed by atoms with van der Waals surface area (Å²) in [5.41, 5.74) is 2.81. The third-order valence-electron chi connectivity index (χ3n) is 3.69. The van der Waals surface area contributed by atoms with Gasteiger partial charge in [-0.2, -0.15) is 0 Å². The van der Waals surface area contributed by atoms with E-state index in [-0.39, 0.29) is 5.91 Å². The second kappa shape index (κ2) is 7.63. The third kappa shape index (κ3) is 4.22. The number of hydrogen-bond acceptors (Lipinski definition) is 4. The summed E-state index contributed by atoms with van der Waals surface area (Å²) in [7, 11) is 5.57. The van der Waals surface area contributed by atoms with Gasteiger partial charge in [0.05, 0.1) is 12.7 Å². The molecule has 1 aromatic carbocycles. The van der Waals surface area contributed by atoms with Crippen LogP contribution in [0.4, 0.5) is 5.69 Å². The number of aromatic nitrogens is 1. The number of rotatable bonds is 6. The molecule has 0 bridgehead atoms. The molecular formula is C18H23N3O2. The Bertz CT molecular complexity index is 636. The molecule has 2 rings (SSSR count). The minimum atomic E-state index is -0.0284. The normalized spacial score (nSPS) is 10.3. The SMILES string of the molecule is CCN(Cc1ccc(N(C)C)cc1)C(=O)c1ccc(OC)nc1. The average Bonchev–Trinajstić information content (AvgIpc) is 2.59. The van der Waals surface area contributed by atoms with Crippen molar-refractivity contribution in [3.63, 3.8) is 0 Å². The summed E-state index contributed by atoms with van der Waals surface area (Å²) in [5, 5.41) is 0. The summed E-state index contributed by atoms with van der Waals surface area (Å²) in [6, 6.07) is 11.7. The average molecular weight is 313 g/mol. The highest BCUT2D eigenvalue weighted by atomic mass is 16.5. The monoisotopic (exact) mass is 313 g/mol. The van der Waals surface area contributed by atoms with E-state index in [9.17, 15) is 4.79 Å². The molecule has 0 aliphatic carbocycles. The first-order valence-electron chi connectivity index (χ1n) is 7.60. The first-order chi connectivity index (χ1) is 11.0. The number of anilines is 1. The van der Waals surface area contributed by atoms with Gasteiger partial charge >= 0.3 is 0 Å². The van der Waals surface area contributed by atoms with Gasteiger partial charge in [-0.1, -0.05) is 12.1 Å². The fourth-order valence-electron chi connectivity index (χ4n) is 2.26. The lowest BCUT2D eigenvalue weighted by molar-refractivity contribution is 0.0752. The van der Waals surface area contributed by atoms with Gasteiger partial charge in [0.15, 0.2) is 0 Å². The second-order valence-corrected chi connectivity index (χ2v) is 5.47. The van der Waals surface area contributed by atoms with E-state index >= 15 is 0 Å². The number of methoxy groups -OCH3 is 1. The number of ether oxygens (including phenoxy) is 1. The Hall–Kier alpha value is -2.56. The van der Waals surface area contributed by atoms with E-state index in [1.165, 1.54) is 0 Å². The molecule has 0 N–H and O–H groups in total. The fourth-order valence-corrected chi connectivity index (χ4v) is 2.26. The van der Waals surface area contributed by atoms with E-state index in [1.807, 2.05) is 21.0 Å². The van der Waals surface area contributed by atoms with Crippen LogP contribution >= 0.6 is 0 Å². The van der Waals surface area contributed by atoms with Gasteiger partial charge in [0.25, 0.3) is 5.91 Å². The summed E-state index contributed by atoms with van der Waals surface area (Å²) in [5.74, 6) is 0.475.